The molecular formula is C18H19N5OS. The lowest BCUT2D eigenvalue weighted by Gasteiger charge is -2.14. The number of rotatable bonds is 2. The van der Waals surface area contributed by atoms with Crippen molar-refractivity contribution in [3.63, 3.8) is 0 Å². The van der Waals surface area contributed by atoms with Gasteiger partial charge < -0.3 is 5.32 Å². The van der Waals surface area contributed by atoms with E-state index in [9.17, 15) is 4.79 Å². The van der Waals surface area contributed by atoms with Gasteiger partial charge in [0.05, 0.1) is 28.6 Å². The van der Waals surface area contributed by atoms with E-state index in [2.05, 4.69) is 17.3 Å². The zero-order chi connectivity index (χ0) is 17.6. The molecule has 128 valence electrons. The standard InChI is InChI=1S/C18H19N5OS/c1-11-16-17(14-9-19-22(3)12(14)2)25-10-15(24)20-18(16)23(21-11)13-7-5-4-6-8-13/h4-9,17H,10H2,1-3H3,(H,20,24)/t17-/m1/s1. The predicted octanol–water partition coefficient (Wildman–Crippen LogP) is 3.00. The lowest BCUT2D eigenvalue weighted by Crippen LogP contribution is -2.15. The molecule has 0 spiro atoms. The number of aryl methyl sites for hydroxylation is 2. The third-order valence-corrected chi connectivity index (χ3v) is 5.82. The Hall–Kier alpha value is -2.54. The van der Waals surface area contributed by atoms with Gasteiger partial charge in [-0.25, -0.2) is 4.68 Å². The maximum absolute atomic E-state index is 12.3. The van der Waals surface area contributed by atoms with E-state index in [-0.39, 0.29) is 11.2 Å². The fraction of sp³-hybridized carbons (Fsp3) is 0.278. The van der Waals surface area contributed by atoms with Crippen molar-refractivity contribution in [3.8, 4) is 5.69 Å². The van der Waals surface area contributed by atoms with Gasteiger partial charge in [-0.15, -0.1) is 11.8 Å². The van der Waals surface area contributed by atoms with Crippen LogP contribution in [-0.2, 0) is 11.8 Å². The fourth-order valence-corrected chi connectivity index (χ4v) is 4.41. The molecule has 0 saturated carbocycles. The average molecular weight is 353 g/mol. The highest BCUT2D eigenvalue weighted by Crippen LogP contribution is 2.44. The molecule has 6 nitrogen and oxygen atoms in total. The third-order valence-electron chi connectivity index (χ3n) is 4.56. The molecule has 0 aliphatic carbocycles. The Labute approximate surface area is 150 Å². The quantitative estimate of drug-likeness (QED) is 0.769. The zero-order valence-corrected chi connectivity index (χ0v) is 15.2. The van der Waals surface area contributed by atoms with E-state index < -0.39 is 0 Å². The minimum atomic E-state index is -0.00706. The van der Waals surface area contributed by atoms with E-state index in [1.54, 1.807) is 11.8 Å². The number of para-hydroxylation sites is 1. The van der Waals surface area contributed by atoms with Crippen molar-refractivity contribution < 1.29 is 4.79 Å². The summed E-state index contributed by atoms with van der Waals surface area (Å²) in [5.74, 6) is 1.15. The summed E-state index contributed by atoms with van der Waals surface area (Å²) >= 11 is 1.62. The topological polar surface area (TPSA) is 64.7 Å². The summed E-state index contributed by atoms with van der Waals surface area (Å²) in [4.78, 5) is 12.3. The maximum Gasteiger partial charge on any atom is 0.235 e. The van der Waals surface area contributed by atoms with Crippen molar-refractivity contribution in [3.05, 3.63) is 59.0 Å². The van der Waals surface area contributed by atoms with Crippen LogP contribution in [0.25, 0.3) is 5.69 Å². The molecule has 7 heteroatoms. The Morgan fingerprint density at radius 1 is 1.24 bits per heavy atom. The van der Waals surface area contributed by atoms with E-state index in [1.807, 2.05) is 59.9 Å². The molecule has 1 amide bonds. The number of thioether (sulfide) groups is 1. The Balaban J connectivity index is 1.92. The smallest absolute Gasteiger partial charge is 0.235 e. The van der Waals surface area contributed by atoms with Gasteiger partial charge >= 0.3 is 0 Å². The summed E-state index contributed by atoms with van der Waals surface area (Å²) < 4.78 is 3.69. The molecule has 1 N–H and O–H groups in total. The summed E-state index contributed by atoms with van der Waals surface area (Å²) in [6, 6.07) is 9.88. The molecule has 0 bridgehead atoms. The van der Waals surface area contributed by atoms with Gasteiger partial charge in [-0.1, -0.05) is 18.2 Å². The van der Waals surface area contributed by atoms with Crippen molar-refractivity contribution >= 4 is 23.5 Å². The van der Waals surface area contributed by atoms with Gasteiger partial charge in [0.1, 0.15) is 5.82 Å². The summed E-state index contributed by atoms with van der Waals surface area (Å²) in [7, 11) is 1.94. The van der Waals surface area contributed by atoms with Crippen LogP contribution in [0.5, 0.6) is 0 Å². The van der Waals surface area contributed by atoms with Crippen molar-refractivity contribution in [1.82, 2.24) is 19.6 Å². The molecule has 25 heavy (non-hydrogen) atoms. The SMILES string of the molecule is Cc1nn(-c2ccccc2)c2c1[C@@H](c1cnn(C)c1C)SCC(=O)N2. The van der Waals surface area contributed by atoms with Gasteiger partial charge in [-0.05, 0) is 26.0 Å². The Morgan fingerprint density at radius 2 is 2.00 bits per heavy atom. The molecule has 1 atom stereocenters. The van der Waals surface area contributed by atoms with Crippen molar-refractivity contribution in [2.75, 3.05) is 11.1 Å². The largest absolute Gasteiger partial charge is 0.310 e. The first-order valence-electron chi connectivity index (χ1n) is 8.11. The van der Waals surface area contributed by atoms with Gasteiger partial charge in [-0.2, -0.15) is 10.2 Å². The number of anilines is 1. The molecule has 1 aromatic carbocycles. The molecule has 1 aliphatic heterocycles. The average Bonchev–Trinajstić information content (AvgIpc) is 3.04. The molecule has 2 aromatic heterocycles. The van der Waals surface area contributed by atoms with Crippen LogP contribution >= 0.6 is 11.8 Å². The van der Waals surface area contributed by atoms with Crippen LogP contribution < -0.4 is 5.32 Å². The lowest BCUT2D eigenvalue weighted by molar-refractivity contribution is -0.113. The predicted molar refractivity (Wildman–Crippen MR) is 99.2 cm³/mol. The summed E-state index contributed by atoms with van der Waals surface area (Å²) in [6.45, 7) is 4.05. The number of carbonyl (C=O) groups is 1. The molecular weight excluding hydrogens is 334 g/mol. The monoisotopic (exact) mass is 353 g/mol. The molecule has 3 aromatic rings. The molecule has 1 aliphatic rings. The normalized spacial score (nSPS) is 17.1. The Kier molecular flexibility index (Phi) is 3.88. The third kappa shape index (κ3) is 2.64. The summed E-state index contributed by atoms with van der Waals surface area (Å²) in [6.07, 6.45) is 1.89. The first-order valence-corrected chi connectivity index (χ1v) is 9.16. The second-order valence-electron chi connectivity index (χ2n) is 6.14. The highest BCUT2D eigenvalue weighted by atomic mass is 32.2. The minimum absolute atomic E-state index is 0.00706. The highest BCUT2D eigenvalue weighted by molar-refractivity contribution is 8.00. The molecule has 0 radical (unpaired) electrons. The number of carbonyl (C=O) groups excluding carboxylic acids is 1. The van der Waals surface area contributed by atoms with Gasteiger partial charge in [0.15, 0.2) is 0 Å². The zero-order valence-electron chi connectivity index (χ0n) is 14.4. The van der Waals surface area contributed by atoms with Crippen molar-refractivity contribution in [2.45, 2.75) is 19.1 Å². The second kappa shape index (κ2) is 6.07. The minimum Gasteiger partial charge on any atom is -0.310 e. The molecule has 3 heterocycles. The van der Waals surface area contributed by atoms with Crippen LogP contribution in [0.2, 0.25) is 0 Å². The molecule has 0 unspecified atom stereocenters. The van der Waals surface area contributed by atoms with Crippen molar-refractivity contribution in [2.24, 2.45) is 7.05 Å². The first-order chi connectivity index (χ1) is 12.1. The van der Waals surface area contributed by atoms with Gasteiger partial charge in [-0.3, -0.25) is 9.48 Å². The molecule has 0 fully saturated rings. The first kappa shape index (κ1) is 16.0. The number of hydrogen-bond donors (Lipinski definition) is 1. The fourth-order valence-electron chi connectivity index (χ4n) is 3.16. The second-order valence-corrected chi connectivity index (χ2v) is 7.24. The van der Waals surface area contributed by atoms with E-state index in [0.29, 0.717) is 5.75 Å². The highest BCUT2D eigenvalue weighted by Gasteiger charge is 2.32. The molecule has 0 saturated heterocycles. The Morgan fingerprint density at radius 3 is 2.68 bits per heavy atom. The van der Waals surface area contributed by atoms with Crippen LogP contribution in [-0.4, -0.2) is 31.2 Å². The number of hydrogen-bond acceptors (Lipinski definition) is 4. The van der Waals surface area contributed by atoms with E-state index in [4.69, 9.17) is 5.10 Å². The maximum atomic E-state index is 12.3. The van der Waals surface area contributed by atoms with E-state index >= 15 is 0 Å². The van der Waals surface area contributed by atoms with Crippen LogP contribution in [0.15, 0.2) is 36.5 Å². The summed E-state index contributed by atoms with van der Waals surface area (Å²) in [5.41, 5.74) is 5.13. The van der Waals surface area contributed by atoms with Crippen LogP contribution in [0.4, 0.5) is 5.82 Å². The van der Waals surface area contributed by atoms with E-state index in [1.165, 1.54) is 0 Å². The number of amides is 1. The van der Waals surface area contributed by atoms with Gasteiger partial charge in [0, 0.05) is 23.9 Å². The number of nitrogens with zero attached hydrogens (tertiary/aromatic N) is 4. The van der Waals surface area contributed by atoms with Crippen LogP contribution in [0, 0.1) is 13.8 Å². The molecule has 4 rings (SSSR count). The number of aromatic nitrogens is 4. The lowest BCUT2D eigenvalue weighted by atomic mass is 10.0. The van der Waals surface area contributed by atoms with Crippen LogP contribution in [0.3, 0.4) is 0 Å². The number of benzene rings is 1. The van der Waals surface area contributed by atoms with Gasteiger partial charge in [0.25, 0.3) is 0 Å². The summed E-state index contributed by atoms with van der Waals surface area (Å²) in [5, 5.41) is 12.2. The number of nitrogens with one attached hydrogen (secondary N) is 1. The van der Waals surface area contributed by atoms with Gasteiger partial charge in [0.2, 0.25) is 5.91 Å². The Bertz CT molecular complexity index is 944. The van der Waals surface area contributed by atoms with E-state index in [0.717, 1.165) is 34.0 Å². The number of fused-ring (bicyclic) bond motifs is 1. The van der Waals surface area contributed by atoms with Crippen LogP contribution in [0.1, 0.15) is 27.8 Å². The van der Waals surface area contributed by atoms with Crippen molar-refractivity contribution in [1.29, 1.82) is 0 Å².